The summed E-state index contributed by atoms with van der Waals surface area (Å²) in [6.07, 6.45) is 8.13. The van der Waals surface area contributed by atoms with Crippen molar-refractivity contribution in [1.29, 1.82) is 0 Å². The molecule has 2 atom stereocenters. The zero-order valence-electron chi connectivity index (χ0n) is 13.0. The molecule has 0 aromatic rings. The van der Waals surface area contributed by atoms with Gasteiger partial charge in [0.15, 0.2) is 0 Å². The first-order valence-corrected chi connectivity index (χ1v) is 8.43. The largest absolute Gasteiger partial charge is 0.314 e. The molecule has 112 valence electrons. The van der Waals surface area contributed by atoms with Crippen molar-refractivity contribution in [3.8, 4) is 0 Å². The fourth-order valence-electron chi connectivity index (χ4n) is 3.40. The molecule has 19 heavy (non-hydrogen) atoms. The molecule has 2 heterocycles. The smallest absolute Gasteiger partial charge is 0.00822 e. The van der Waals surface area contributed by atoms with Crippen LogP contribution in [0.15, 0.2) is 0 Å². The molecule has 0 aromatic carbocycles. The topological polar surface area (TPSA) is 27.3 Å². The van der Waals surface area contributed by atoms with E-state index in [1.54, 1.807) is 0 Å². The molecule has 0 aromatic heterocycles. The summed E-state index contributed by atoms with van der Waals surface area (Å²) in [6.45, 7) is 11.1. The number of nitrogens with zero attached hydrogens (tertiary/aromatic N) is 1. The number of hydrogen-bond donors (Lipinski definition) is 2. The van der Waals surface area contributed by atoms with Gasteiger partial charge in [-0.1, -0.05) is 6.92 Å². The predicted molar refractivity (Wildman–Crippen MR) is 82.6 cm³/mol. The maximum atomic E-state index is 3.69. The molecule has 3 nitrogen and oxygen atoms in total. The van der Waals surface area contributed by atoms with Crippen molar-refractivity contribution in [2.24, 2.45) is 5.92 Å². The van der Waals surface area contributed by atoms with Crippen LogP contribution in [-0.4, -0.2) is 49.7 Å². The first kappa shape index (κ1) is 15.3. The van der Waals surface area contributed by atoms with Crippen LogP contribution >= 0.6 is 0 Å². The third-order valence-corrected chi connectivity index (χ3v) is 4.82. The van der Waals surface area contributed by atoms with E-state index in [1.165, 1.54) is 71.2 Å². The quantitative estimate of drug-likeness (QED) is 0.693. The van der Waals surface area contributed by atoms with Gasteiger partial charge in [0, 0.05) is 12.1 Å². The Morgan fingerprint density at radius 3 is 2.74 bits per heavy atom. The Bertz CT molecular complexity index is 230. The van der Waals surface area contributed by atoms with Crippen molar-refractivity contribution in [2.75, 3.05) is 32.7 Å². The molecule has 0 amide bonds. The van der Waals surface area contributed by atoms with Crippen LogP contribution in [0.3, 0.4) is 0 Å². The van der Waals surface area contributed by atoms with Crippen molar-refractivity contribution in [3.63, 3.8) is 0 Å². The van der Waals surface area contributed by atoms with Crippen molar-refractivity contribution >= 4 is 0 Å². The Morgan fingerprint density at radius 1 is 1.26 bits per heavy atom. The highest BCUT2D eigenvalue weighted by atomic mass is 15.1. The van der Waals surface area contributed by atoms with Gasteiger partial charge in [0.1, 0.15) is 0 Å². The lowest BCUT2D eigenvalue weighted by Crippen LogP contribution is -2.37. The molecule has 2 aliphatic rings. The van der Waals surface area contributed by atoms with Crippen molar-refractivity contribution < 1.29 is 0 Å². The lowest BCUT2D eigenvalue weighted by atomic mass is 9.99. The summed E-state index contributed by atoms with van der Waals surface area (Å²) >= 11 is 0. The van der Waals surface area contributed by atoms with Gasteiger partial charge >= 0.3 is 0 Å². The van der Waals surface area contributed by atoms with Crippen LogP contribution in [0.1, 0.15) is 52.4 Å². The van der Waals surface area contributed by atoms with Gasteiger partial charge in [-0.2, -0.15) is 0 Å². The third kappa shape index (κ3) is 5.80. The van der Waals surface area contributed by atoms with Gasteiger partial charge < -0.3 is 15.5 Å². The highest BCUT2D eigenvalue weighted by Gasteiger charge is 2.17. The minimum Gasteiger partial charge on any atom is -0.314 e. The number of likely N-dealkylation sites (tertiary alicyclic amines) is 1. The summed E-state index contributed by atoms with van der Waals surface area (Å²) in [7, 11) is 0. The standard InChI is InChI=1S/C16H33N3/c1-14-6-11-19(12-7-14)10-4-9-17-15(2)13-16-5-3-8-18-16/h14-18H,3-13H2,1-2H3. The van der Waals surface area contributed by atoms with Crippen LogP contribution in [0.5, 0.6) is 0 Å². The monoisotopic (exact) mass is 267 g/mol. The van der Waals surface area contributed by atoms with Gasteiger partial charge in [0.2, 0.25) is 0 Å². The van der Waals surface area contributed by atoms with Gasteiger partial charge in [0.05, 0.1) is 0 Å². The van der Waals surface area contributed by atoms with Crippen molar-refractivity contribution in [3.05, 3.63) is 0 Å². The molecule has 2 aliphatic heterocycles. The summed E-state index contributed by atoms with van der Waals surface area (Å²) in [6, 6.07) is 1.43. The molecule has 2 saturated heterocycles. The molecule has 2 rings (SSSR count). The Balaban J connectivity index is 1.47. The van der Waals surface area contributed by atoms with Crippen LogP contribution < -0.4 is 10.6 Å². The second kappa shape index (κ2) is 8.23. The minimum absolute atomic E-state index is 0.664. The number of hydrogen-bond acceptors (Lipinski definition) is 3. The lowest BCUT2D eigenvalue weighted by Gasteiger charge is -2.30. The summed E-state index contributed by atoms with van der Waals surface area (Å²) in [4.78, 5) is 2.64. The van der Waals surface area contributed by atoms with E-state index in [2.05, 4.69) is 29.4 Å². The zero-order valence-corrected chi connectivity index (χ0v) is 13.0. The van der Waals surface area contributed by atoms with E-state index < -0.39 is 0 Å². The first-order chi connectivity index (χ1) is 9.24. The molecule has 0 aliphatic carbocycles. The normalized spacial score (nSPS) is 27.8. The molecule has 3 heteroatoms. The fraction of sp³-hybridized carbons (Fsp3) is 1.00. The van der Waals surface area contributed by atoms with E-state index in [9.17, 15) is 0 Å². The average Bonchev–Trinajstić information content (AvgIpc) is 2.89. The molecule has 2 N–H and O–H groups in total. The van der Waals surface area contributed by atoms with Gasteiger partial charge in [-0.25, -0.2) is 0 Å². The molecular weight excluding hydrogens is 234 g/mol. The van der Waals surface area contributed by atoms with Crippen LogP contribution in [0, 0.1) is 5.92 Å². The summed E-state index contributed by atoms with van der Waals surface area (Å²) in [5.74, 6) is 0.952. The maximum absolute atomic E-state index is 3.69. The molecule has 2 unspecified atom stereocenters. The van der Waals surface area contributed by atoms with E-state index in [1.807, 2.05) is 0 Å². The highest BCUT2D eigenvalue weighted by Crippen LogP contribution is 2.15. The average molecular weight is 267 g/mol. The number of rotatable bonds is 7. The SMILES string of the molecule is CC1CCN(CCCNC(C)CC2CCCN2)CC1. The van der Waals surface area contributed by atoms with E-state index >= 15 is 0 Å². The molecule has 0 saturated carbocycles. The maximum Gasteiger partial charge on any atom is 0.00822 e. The Morgan fingerprint density at radius 2 is 2.05 bits per heavy atom. The first-order valence-electron chi connectivity index (χ1n) is 8.43. The summed E-state index contributed by atoms with van der Waals surface area (Å²) < 4.78 is 0. The van der Waals surface area contributed by atoms with Gasteiger partial charge in [-0.3, -0.25) is 0 Å². The lowest BCUT2D eigenvalue weighted by molar-refractivity contribution is 0.189. The van der Waals surface area contributed by atoms with Crippen molar-refractivity contribution in [2.45, 2.75) is 64.5 Å². The Kier molecular flexibility index (Phi) is 6.62. The number of nitrogens with one attached hydrogen (secondary N) is 2. The summed E-state index contributed by atoms with van der Waals surface area (Å²) in [5.41, 5.74) is 0. The Hall–Kier alpha value is -0.120. The van der Waals surface area contributed by atoms with Crippen LogP contribution in [-0.2, 0) is 0 Å². The second-order valence-electron chi connectivity index (χ2n) is 6.76. The van der Waals surface area contributed by atoms with Crippen LogP contribution in [0.25, 0.3) is 0 Å². The molecule has 0 radical (unpaired) electrons. The Labute approximate surface area is 119 Å². The van der Waals surface area contributed by atoms with E-state index in [-0.39, 0.29) is 0 Å². The van der Waals surface area contributed by atoms with Crippen LogP contribution in [0.4, 0.5) is 0 Å². The fourth-order valence-corrected chi connectivity index (χ4v) is 3.40. The summed E-state index contributed by atoms with van der Waals surface area (Å²) in [5, 5.41) is 7.28. The molecule has 0 spiro atoms. The molecule has 0 bridgehead atoms. The molecule has 2 fully saturated rings. The van der Waals surface area contributed by atoms with Gasteiger partial charge in [0.25, 0.3) is 0 Å². The van der Waals surface area contributed by atoms with E-state index in [4.69, 9.17) is 0 Å². The van der Waals surface area contributed by atoms with Gasteiger partial charge in [-0.05, 0) is 84.1 Å². The highest BCUT2D eigenvalue weighted by molar-refractivity contribution is 4.78. The third-order valence-electron chi connectivity index (χ3n) is 4.82. The second-order valence-corrected chi connectivity index (χ2v) is 6.76. The minimum atomic E-state index is 0.664. The van der Waals surface area contributed by atoms with E-state index in [0.29, 0.717) is 6.04 Å². The van der Waals surface area contributed by atoms with Crippen molar-refractivity contribution in [1.82, 2.24) is 15.5 Å². The van der Waals surface area contributed by atoms with Gasteiger partial charge in [-0.15, -0.1) is 0 Å². The zero-order chi connectivity index (χ0) is 13.5. The molecular formula is C16H33N3. The van der Waals surface area contributed by atoms with E-state index in [0.717, 1.165) is 12.0 Å². The number of piperidine rings is 1. The van der Waals surface area contributed by atoms with Crippen LogP contribution in [0.2, 0.25) is 0 Å². The predicted octanol–water partition coefficient (Wildman–Crippen LogP) is 2.23.